The van der Waals surface area contributed by atoms with Crippen LogP contribution in [0.3, 0.4) is 0 Å². The molecule has 0 aliphatic heterocycles. The van der Waals surface area contributed by atoms with Gasteiger partial charge in [0.1, 0.15) is 13.2 Å². The molecule has 378 valence electrons. The Kier molecular flexibility index (Phi) is 51.4. The number of esters is 3. The molecule has 0 bridgehead atoms. The number of hydrogen-bond acceptors (Lipinski definition) is 6. The van der Waals surface area contributed by atoms with Gasteiger partial charge in [-0.3, -0.25) is 14.4 Å². The molecule has 0 radical (unpaired) electrons. The summed E-state index contributed by atoms with van der Waals surface area (Å²) < 4.78 is 16.8. The Balaban J connectivity index is 4.39. The van der Waals surface area contributed by atoms with E-state index in [0.29, 0.717) is 19.3 Å². The summed E-state index contributed by atoms with van der Waals surface area (Å²) in [6.45, 7) is 6.46. The van der Waals surface area contributed by atoms with E-state index in [1.807, 2.05) is 0 Å². The average Bonchev–Trinajstić information content (AvgIpc) is 3.31. The molecule has 0 heterocycles. The van der Waals surface area contributed by atoms with Crippen LogP contribution in [0.4, 0.5) is 0 Å². The van der Waals surface area contributed by atoms with Gasteiger partial charge < -0.3 is 14.2 Å². The number of hydrogen-bond donors (Lipinski definition) is 0. The number of rotatable bonds is 49. The molecular formula is C60H102O6. The predicted octanol–water partition coefficient (Wildman–Crippen LogP) is 18.4. The Bertz CT molecular complexity index is 1290. The standard InChI is InChI=1S/C60H102O6/c1-4-7-10-13-16-19-22-24-26-28-30-32-34-36-38-41-44-47-50-53-59(62)65-56-57(55-64-58(61)52-49-46-43-40-21-18-15-12-9-6-3)66-60(63)54-51-48-45-42-39-37-35-33-31-29-27-25-23-20-17-14-11-8-5-2/h7,10,16-17,19-20,23-26,30,32,36,38,57H,4-6,8-9,11-15,18,21-22,27-29,31,33-35,37,39-56H2,1-3H3/b10-7-,19-16-,20-17-,25-23-,26-24-,32-30-,38-36-. The molecule has 0 spiro atoms. The topological polar surface area (TPSA) is 78.9 Å². The van der Waals surface area contributed by atoms with Crippen molar-refractivity contribution in [2.24, 2.45) is 0 Å². The third-order valence-corrected chi connectivity index (χ3v) is 11.7. The van der Waals surface area contributed by atoms with Crippen molar-refractivity contribution >= 4 is 17.9 Å². The molecule has 1 unspecified atom stereocenters. The lowest BCUT2D eigenvalue weighted by atomic mass is 10.1. The Morgan fingerprint density at radius 3 is 1.06 bits per heavy atom. The normalized spacial score (nSPS) is 12.7. The Hall–Kier alpha value is -3.41. The summed E-state index contributed by atoms with van der Waals surface area (Å²) in [5.74, 6) is -0.922. The van der Waals surface area contributed by atoms with Crippen molar-refractivity contribution in [2.45, 2.75) is 264 Å². The quantitative estimate of drug-likeness (QED) is 0.0199. The van der Waals surface area contributed by atoms with E-state index in [-0.39, 0.29) is 31.1 Å². The lowest BCUT2D eigenvalue weighted by molar-refractivity contribution is -0.167. The van der Waals surface area contributed by atoms with Crippen LogP contribution in [0.5, 0.6) is 0 Å². The van der Waals surface area contributed by atoms with Gasteiger partial charge >= 0.3 is 17.9 Å². The second kappa shape index (κ2) is 54.2. The molecule has 0 aromatic rings. The summed E-state index contributed by atoms with van der Waals surface area (Å²) in [7, 11) is 0. The molecule has 0 saturated carbocycles. The van der Waals surface area contributed by atoms with Crippen LogP contribution in [0.15, 0.2) is 85.1 Å². The van der Waals surface area contributed by atoms with E-state index >= 15 is 0 Å². The number of unbranched alkanes of at least 4 members (excludes halogenated alkanes) is 25. The van der Waals surface area contributed by atoms with Crippen LogP contribution in [0, 0.1) is 0 Å². The molecule has 0 aromatic carbocycles. The zero-order valence-corrected chi connectivity index (χ0v) is 43.2. The fourth-order valence-electron chi connectivity index (χ4n) is 7.52. The van der Waals surface area contributed by atoms with E-state index in [0.717, 1.165) is 96.3 Å². The smallest absolute Gasteiger partial charge is 0.306 e. The molecule has 0 fully saturated rings. The first-order chi connectivity index (χ1) is 32.5. The second-order valence-electron chi connectivity index (χ2n) is 18.1. The molecule has 0 N–H and O–H groups in total. The fraction of sp³-hybridized carbons (Fsp3) is 0.717. The lowest BCUT2D eigenvalue weighted by Gasteiger charge is -2.18. The zero-order chi connectivity index (χ0) is 47.9. The first-order valence-electron chi connectivity index (χ1n) is 27.6. The molecule has 66 heavy (non-hydrogen) atoms. The molecule has 6 nitrogen and oxygen atoms in total. The SMILES string of the molecule is CC/C=C\C/C=C\C/C=C\C/C=C\C/C=C\CCCCCC(=O)OCC(COC(=O)CCCCCCCCCCCC)OC(=O)CCCCCCCCCCCC/C=C\C=C/CCCCC. The van der Waals surface area contributed by atoms with Gasteiger partial charge in [0.05, 0.1) is 0 Å². The largest absolute Gasteiger partial charge is 0.462 e. The fourth-order valence-corrected chi connectivity index (χ4v) is 7.52. The van der Waals surface area contributed by atoms with Gasteiger partial charge in [0, 0.05) is 19.3 Å². The van der Waals surface area contributed by atoms with Crippen LogP contribution in [0.25, 0.3) is 0 Å². The Labute approximate surface area is 407 Å². The third-order valence-electron chi connectivity index (χ3n) is 11.7. The molecule has 0 aliphatic rings. The minimum Gasteiger partial charge on any atom is -0.462 e. The van der Waals surface area contributed by atoms with E-state index in [9.17, 15) is 14.4 Å². The Morgan fingerprint density at radius 2 is 0.636 bits per heavy atom. The summed E-state index contributed by atoms with van der Waals surface area (Å²) in [5.41, 5.74) is 0. The molecular weight excluding hydrogens is 817 g/mol. The molecule has 0 aliphatic carbocycles. The highest BCUT2D eigenvalue weighted by Crippen LogP contribution is 2.15. The summed E-state index contributed by atoms with van der Waals surface area (Å²) in [5, 5.41) is 0. The molecule has 0 amide bonds. The first kappa shape index (κ1) is 62.6. The van der Waals surface area contributed by atoms with Gasteiger partial charge in [0.2, 0.25) is 0 Å². The van der Waals surface area contributed by atoms with Crippen molar-refractivity contribution < 1.29 is 28.6 Å². The highest BCUT2D eigenvalue weighted by atomic mass is 16.6. The zero-order valence-electron chi connectivity index (χ0n) is 43.2. The highest BCUT2D eigenvalue weighted by molar-refractivity contribution is 5.71. The van der Waals surface area contributed by atoms with Gasteiger partial charge in [0.15, 0.2) is 6.10 Å². The summed E-state index contributed by atoms with van der Waals surface area (Å²) >= 11 is 0. The average molecular weight is 919 g/mol. The maximum atomic E-state index is 12.8. The van der Waals surface area contributed by atoms with Crippen LogP contribution < -0.4 is 0 Å². The van der Waals surface area contributed by atoms with Gasteiger partial charge in [0.25, 0.3) is 0 Å². The maximum Gasteiger partial charge on any atom is 0.306 e. The van der Waals surface area contributed by atoms with Crippen molar-refractivity contribution in [3.8, 4) is 0 Å². The lowest BCUT2D eigenvalue weighted by Crippen LogP contribution is -2.30. The van der Waals surface area contributed by atoms with Gasteiger partial charge in [-0.25, -0.2) is 0 Å². The van der Waals surface area contributed by atoms with Crippen LogP contribution in [0.1, 0.15) is 258 Å². The van der Waals surface area contributed by atoms with Gasteiger partial charge in [-0.1, -0.05) is 234 Å². The predicted molar refractivity (Wildman–Crippen MR) is 284 cm³/mol. The first-order valence-corrected chi connectivity index (χ1v) is 27.6. The van der Waals surface area contributed by atoms with Crippen molar-refractivity contribution in [3.05, 3.63) is 85.1 Å². The second-order valence-corrected chi connectivity index (χ2v) is 18.1. The molecule has 0 saturated heterocycles. The summed E-state index contributed by atoms with van der Waals surface area (Å²) in [6, 6.07) is 0. The van der Waals surface area contributed by atoms with Crippen LogP contribution in [0.2, 0.25) is 0 Å². The maximum absolute atomic E-state index is 12.8. The van der Waals surface area contributed by atoms with E-state index < -0.39 is 6.10 Å². The number of carbonyl (C=O) groups is 3. The van der Waals surface area contributed by atoms with E-state index in [4.69, 9.17) is 14.2 Å². The molecule has 0 rings (SSSR count). The number of carbonyl (C=O) groups excluding carboxylic acids is 3. The van der Waals surface area contributed by atoms with Gasteiger partial charge in [-0.2, -0.15) is 0 Å². The number of allylic oxidation sites excluding steroid dienone is 14. The van der Waals surface area contributed by atoms with Crippen molar-refractivity contribution in [1.29, 1.82) is 0 Å². The molecule has 6 heteroatoms. The van der Waals surface area contributed by atoms with Crippen molar-refractivity contribution in [2.75, 3.05) is 13.2 Å². The highest BCUT2D eigenvalue weighted by Gasteiger charge is 2.19. The summed E-state index contributed by atoms with van der Waals surface area (Å²) in [6.07, 6.45) is 70.0. The van der Waals surface area contributed by atoms with Gasteiger partial charge in [-0.05, 0) is 89.9 Å². The minimum absolute atomic E-state index is 0.0872. The van der Waals surface area contributed by atoms with Crippen LogP contribution in [-0.4, -0.2) is 37.2 Å². The van der Waals surface area contributed by atoms with Crippen LogP contribution >= 0.6 is 0 Å². The Morgan fingerprint density at radius 1 is 0.333 bits per heavy atom. The molecule has 1 atom stereocenters. The summed E-state index contributed by atoms with van der Waals surface area (Å²) in [4.78, 5) is 38.0. The minimum atomic E-state index is -0.790. The number of ether oxygens (including phenoxy) is 3. The van der Waals surface area contributed by atoms with E-state index in [1.54, 1.807) is 0 Å². The van der Waals surface area contributed by atoms with Crippen molar-refractivity contribution in [3.63, 3.8) is 0 Å². The van der Waals surface area contributed by atoms with E-state index in [1.165, 1.54) is 122 Å². The monoisotopic (exact) mass is 919 g/mol. The molecule has 0 aromatic heterocycles. The van der Waals surface area contributed by atoms with Crippen molar-refractivity contribution in [1.82, 2.24) is 0 Å². The van der Waals surface area contributed by atoms with Crippen LogP contribution in [-0.2, 0) is 28.6 Å². The third kappa shape index (κ3) is 51.6. The van der Waals surface area contributed by atoms with Gasteiger partial charge in [-0.15, -0.1) is 0 Å². The van der Waals surface area contributed by atoms with E-state index in [2.05, 4.69) is 106 Å².